The first-order valence-corrected chi connectivity index (χ1v) is 10.8. The first kappa shape index (κ1) is 19.7. The predicted molar refractivity (Wildman–Crippen MR) is 119 cm³/mol. The van der Waals surface area contributed by atoms with E-state index in [1.54, 1.807) is 11.6 Å². The zero-order valence-electron chi connectivity index (χ0n) is 16.6. The Morgan fingerprint density at radius 1 is 1.34 bits per heavy atom. The Bertz CT molecular complexity index is 1160. The molecule has 1 aliphatic heterocycles. The monoisotopic (exact) mass is 427 g/mol. The van der Waals surface area contributed by atoms with Gasteiger partial charge in [-0.3, -0.25) is 4.79 Å². The summed E-state index contributed by atoms with van der Waals surface area (Å²) in [5.41, 5.74) is 2.41. The Kier molecular flexibility index (Phi) is 5.24. The average Bonchev–Trinajstić information content (AvgIpc) is 3.09. The summed E-state index contributed by atoms with van der Waals surface area (Å²) in [4.78, 5) is 20.4. The fourth-order valence-electron chi connectivity index (χ4n) is 4.01. The second kappa shape index (κ2) is 7.69. The van der Waals surface area contributed by atoms with Gasteiger partial charge < -0.3 is 14.8 Å². The van der Waals surface area contributed by atoms with Crippen LogP contribution in [0.4, 0.5) is 11.4 Å². The second-order valence-electron chi connectivity index (χ2n) is 7.56. The van der Waals surface area contributed by atoms with Gasteiger partial charge in [0.25, 0.3) is 5.56 Å². The molecule has 0 unspecified atom stereocenters. The van der Waals surface area contributed by atoms with Crippen molar-refractivity contribution in [1.82, 2.24) is 9.55 Å². The van der Waals surface area contributed by atoms with E-state index in [4.69, 9.17) is 11.6 Å². The van der Waals surface area contributed by atoms with Crippen molar-refractivity contribution in [3.05, 3.63) is 50.2 Å². The van der Waals surface area contributed by atoms with Gasteiger partial charge in [0.2, 0.25) is 0 Å². The number of hydrogen-bond donors (Lipinski definition) is 1. The Morgan fingerprint density at radius 2 is 2.07 bits per heavy atom. The van der Waals surface area contributed by atoms with E-state index in [2.05, 4.69) is 28.2 Å². The molecule has 1 fully saturated rings. The van der Waals surface area contributed by atoms with Crippen LogP contribution in [0.15, 0.2) is 29.1 Å². The summed E-state index contributed by atoms with van der Waals surface area (Å²) >= 11 is 7.47. The van der Waals surface area contributed by atoms with Crippen molar-refractivity contribution >= 4 is 44.7 Å². The molecule has 29 heavy (non-hydrogen) atoms. The number of piperidine rings is 1. The minimum atomic E-state index is -0.257. The number of anilines is 2. The molecule has 150 valence electrons. The summed E-state index contributed by atoms with van der Waals surface area (Å²) in [6, 6.07) is 10.2. The third-order valence-corrected chi connectivity index (χ3v) is 6.83. The lowest BCUT2D eigenvalue weighted by Crippen LogP contribution is -2.46. The molecule has 0 spiro atoms. The lowest BCUT2D eigenvalue weighted by molar-refractivity contribution is 0.404. The van der Waals surface area contributed by atoms with E-state index in [1.165, 1.54) is 11.3 Å². The molecule has 8 heteroatoms. The Morgan fingerprint density at radius 3 is 2.72 bits per heavy atom. The van der Waals surface area contributed by atoms with Crippen molar-refractivity contribution in [3.8, 4) is 6.07 Å². The fraction of sp³-hybridized carbons (Fsp3) is 0.381. The molecule has 3 aromatic rings. The molecule has 4 rings (SSSR count). The Labute approximate surface area is 178 Å². The molecule has 0 saturated carbocycles. The molecule has 1 N–H and O–H groups in total. The highest BCUT2D eigenvalue weighted by Gasteiger charge is 2.30. The van der Waals surface area contributed by atoms with Gasteiger partial charge >= 0.3 is 0 Å². The summed E-state index contributed by atoms with van der Waals surface area (Å²) in [6.45, 7) is 5.62. The van der Waals surface area contributed by atoms with Gasteiger partial charge in [0, 0.05) is 36.9 Å². The van der Waals surface area contributed by atoms with Gasteiger partial charge in [0.05, 0.1) is 10.7 Å². The van der Waals surface area contributed by atoms with Crippen molar-refractivity contribution in [2.24, 2.45) is 13.0 Å². The van der Waals surface area contributed by atoms with Crippen LogP contribution in [0, 0.1) is 24.2 Å². The van der Waals surface area contributed by atoms with E-state index in [0.717, 1.165) is 45.6 Å². The zero-order valence-corrected chi connectivity index (χ0v) is 18.1. The number of hydrogen-bond acceptors (Lipinski definition) is 6. The number of aryl methyl sites for hydroxylation is 2. The number of pyridine rings is 1. The van der Waals surface area contributed by atoms with E-state index in [9.17, 15) is 10.1 Å². The van der Waals surface area contributed by atoms with Crippen molar-refractivity contribution in [3.63, 3.8) is 0 Å². The normalized spacial score (nSPS) is 19.3. The standard InChI is InChI=1S/C21H22ClN5OS/c1-12-11-27(9-8-17(12)25-15-6-4-14(22)5-7-15)19-16(10-23)20(28)26(3)21-18(19)24-13(2)29-21/h4-7,12,17,25H,8-9,11H2,1-3H3/t12-,17+/m1/s1. The Balaban J connectivity index is 1.65. The molecule has 0 amide bonds. The van der Waals surface area contributed by atoms with Crippen LogP contribution in [0.5, 0.6) is 0 Å². The number of thiazole rings is 1. The van der Waals surface area contributed by atoms with Crippen LogP contribution in [0.1, 0.15) is 23.9 Å². The second-order valence-corrected chi connectivity index (χ2v) is 9.17. The van der Waals surface area contributed by atoms with Crippen molar-refractivity contribution in [1.29, 1.82) is 5.26 Å². The maximum atomic E-state index is 12.8. The summed E-state index contributed by atoms with van der Waals surface area (Å²) in [5.74, 6) is 0.324. The number of nitrogens with one attached hydrogen (secondary N) is 1. The molecule has 2 aromatic heterocycles. The SMILES string of the molecule is Cc1nc2c(N3CC[C@H](Nc4ccc(Cl)cc4)[C@H](C)C3)c(C#N)c(=O)n(C)c2s1. The molecule has 1 saturated heterocycles. The molecular weight excluding hydrogens is 406 g/mol. The topological polar surface area (TPSA) is 74.0 Å². The lowest BCUT2D eigenvalue weighted by atomic mass is 9.92. The number of nitriles is 1. The van der Waals surface area contributed by atoms with Gasteiger partial charge in [-0.05, 0) is 43.5 Å². The van der Waals surface area contributed by atoms with Crippen LogP contribution in [0.2, 0.25) is 5.02 Å². The number of fused-ring (bicyclic) bond motifs is 1. The van der Waals surface area contributed by atoms with Crippen LogP contribution in [-0.2, 0) is 7.05 Å². The molecule has 3 heterocycles. The fourth-order valence-corrected chi connectivity index (χ4v) is 5.01. The average molecular weight is 428 g/mol. The molecule has 1 aromatic carbocycles. The summed E-state index contributed by atoms with van der Waals surface area (Å²) in [5, 5.41) is 14.9. The highest BCUT2D eigenvalue weighted by molar-refractivity contribution is 7.18. The van der Waals surface area contributed by atoms with Crippen molar-refractivity contribution < 1.29 is 0 Å². The maximum absolute atomic E-state index is 12.8. The van der Waals surface area contributed by atoms with Crippen molar-refractivity contribution in [2.75, 3.05) is 23.3 Å². The molecule has 0 aliphatic carbocycles. The molecular formula is C21H22ClN5OS. The third-order valence-electron chi connectivity index (χ3n) is 5.53. The lowest BCUT2D eigenvalue weighted by Gasteiger charge is -2.39. The Hall–Kier alpha value is -2.56. The predicted octanol–water partition coefficient (Wildman–Crippen LogP) is 4.16. The van der Waals surface area contributed by atoms with Crippen LogP contribution in [-0.4, -0.2) is 28.7 Å². The number of nitrogens with zero attached hydrogens (tertiary/aromatic N) is 4. The molecule has 6 nitrogen and oxygen atoms in total. The number of rotatable bonds is 3. The van der Waals surface area contributed by atoms with Gasteiger partial charge in [-0.1, -0.05) is 18.5 Å². The summed E-state index contributed by atoms with van der Waals surface area (Å²) < 4.78 is 1.54. The van der Waals surface area contributed by atoms with Gasteiger partial charge in [0.1, 0.15) is 22.0 Å². The zero-order chi connectivity index (χ0) is 20.7. The van der Waals surface area contributed by atoms with E-state index >= 15 is 0 Å². The van der Waals surface area contributed by atoms with Gasteiger partial charge in [0.15, 0.2) is 0 Å². The minimum Gasteiger partial charge on any atom is -0.382 e. The summed E-state index contributed by atoms with van der Waals surface area (Å²) in [7, 11) is 1.71. The third kappa shape index (κ3) is 3.59. The van der Waals surface area contributed by atoms with Crippen LogP contribution in [0.25, 0.3) is 10.3 Å². The molecule has 0 radical (unpaired) electrons. The minimum absolute atomic E-state index is 0.182. The molecule has 2 atom stereocenters. The van der Waals surface area contributed by atoms with E-state index in [0.29, 0.717) is 17.6 Å². The number of aromatic nitrogens is 2. The van der Waals surface area contributed by atoms with E-state index in [1.807, 2.05) is 31.2 Å². The van der Waals surface area contributed by atoms with Gasteiger partial charge in [-0.25, -0.2) is 4.98 Å². The first-order chi connectivity index (χ1) is 13.9. The molecule has 0 bridgehead atoms. The van der Waals surface area contributed by atoms with Crippen molar-refractivity contribution in [2.45, 2.75) is 26.3 Å². The van der Waals surface area contributed by atoms with E-state index < -0.39 is 0 Å². The quantitative estimate of drug-likeness (QED) is 0.679. The van der Waals surface area contributed by atoms with Gasteiger partial charge in [-0.15, -0.1) is 11.3 Å². The highest BCUT2D eigenvalue weighted by Crippen LogP contribution is 2.34. The first-order valence-electron chi connectivity index (χ1n) is 9.56. The maximum Gasteiger partial charge on any atom is 0.271 e. The van der Waals surface area contributed by atoms with E-state index in [-0.39, 0.29) is 11.1 Å². The highest BCUT2D eigenvalue weighted by atomic mass is 35.5. The van der Waals surface area contributed by atoms with Crippen LogP contribution >= 0.6 is 22.9 Å². The largest absolute Gasteiger partial charge is 0.382 e. The number of halogens is 1. The smallest absolute Gasteiger partial charge is 0.271 e. The molecule has 1 aliphatic rings. The van der Waals surface area contributed by atoms with Crippen LogP contribution in [0.3, 0.4) is 0 Å². The number of benzene rings is 1. The van der Waals surface area contributed by atoms with Gasteiger partial charge in [-0.2, -0.15) is 5.26 Å². The van der Waals surface area contributed by atoms with Crippen LogP contribution < -0.4 is 15.8 Å². The summed E-state index contributed by atoms with van der Waals surface area (Å²) in [6.07, 6.45) is 0.897.